The van der Waals surface area contributed by atoms with Crippen molar-refractivity contribution in [2.45, 2.75) is 32.2 Å². The van der Waals surface area contributed by atoms with Gasteiger partial charge in [-0.05, 0) is 38.4 Å². The Kier molecular flexibility index (Phi) is 5.50. The molecule has 0 spiro atoms. The van der Waals surface area contributed by atoms with Crippen LogP contribution < -0.4 is 5.32 Å². The first-order chi connectivity index (χ1) is 7.36. The smallest absolute Gasteiger partial charge is 0.0299 e. The highest BCUT2D eigenvalue weighted by Gasteiger charge is 2.04. The quantitative estimate of drug-likeness (QED) is 0.739. The van der Waals surface area contributed by atoms with Crippen LogP contribution in [0.4, 0.5) is 0 Å². The monoisotopic (exact) mass is 202 g/mol. The van der Waals surface area contributed by atoms with Gasteiger partial charge in [-0.2, -0.15) is 0 Å². The summed E-state index contributed by atoms with van der Waals surface area (Å²) < 4.78 is 0. The lowest BCUT2D eigenvalue weighted by Gasteiger charge is -2.12. The summed E-state index contributed by atoms with van der Waals surface area (Å²) in [7, 11) is 1.99. The maximum absolute atomic E-state index is 4.10. The fraction of sp³-hybridized carbons (Fsp3) is 0.462. The maximum atomic E-state index is 4.10. The normalized spacial score (nSPS) is 11.6. The fourth-order valence-corrected chi connectivity index (χ4v) is 1.46. The first-order valence-electron chi connectivity index (χ1n) is 5.32. The van der Waals surface area contributed by atoms with E-state index in [1.54, 1.807) is 0 Å². The summed E-state index contributed by atoms with van der Waals surface area (Å²) in [6, 6.07) is 4.58. The van der Waals surface area contributed by atoms with Crippen LogP contribution in [0.25, 0.3) is 0 Å². The lowest BCUT2D eigenvalue weighted by molar-refractivity contribution is 0.534. The van der Waals surface area contributed by atoms with E-state index in [1.165, 1.54) is 5.56 Å². The Morgan fingerprint density at radius 3 is 3.00 bits per heavy atom. The summed E-state index contributed by atoms with van der Waals surface area (Å²) in [4.78, 5) is 4.10. The van der Waals surface area contributed by atoms with E-state index in [0.29, 0.717) is 6.04 Å². The molecule has 0 radical (unpaired) electrons. The highest BCUT2D eigenvalue weighted by molar-refractivity contribution is 5.09. The van der Waals surface area contributed by atoms with Crippen molar-refractivity contribution in [1.82, 2.24) is 10.3 Å². The number of hydrogen-bond donors (Lipinski definition) is 1. The average molecular weight is 202 g/mol. The van der Waals surface area contributed by atoms with E-state index in [-0.39, 0.29) is 0 Å². The van der Waals surface area contributed by atoms with Crippen molar-refractivity contribution in [3.05, 3.63) is 30.1 Å². The summed E-state index contributed by atoms with van der Waals surface area (Å²) >= 11 is 0. The maximum Gasteiger partial charge on any atom is 0.0299 e. The average Bonchev–Trinajstić information content (AvgIpc) is 2.31. The minimum Gasteiger partial charge on any atom is -0.316 e. The molecule has 1 aromatic rings. The van der Waals surface area contributed by atoms with Crippen LogP contribution in [0.3, 0.4) is 0 Å². The van der Waals surface area contributed by atoms with Crippen LogP contribution in [0.2, 0.25) is 0 Å². The number of pyridine rings is 1. The van der Waals surface area contributed by atoms with Gasteiger partial charge >= 0.3 is 0 Å². The second kappa shape index (κ2) is 7.03. The molecule has 0 aliphatic heterocycles. The van der Waals surface area contributed by atoms with Crippen LogP contribution in [0, 0.1) is 11.8 Å². The number of aryl methyl sites for hydroxylation is 1. The van der Waals surface area contributed by atoms with Crippen molar-refractivity contribution in [1.29, 1.82) is 0 Å². The minimum atomic E-state index is 0.484. The van der Waals surface area contributed by atoms with Gasteiger partial charge in [-0.25, -0.2) is 0 Å². The van der Waals surface area contributed by atoms with E-state index < -0.39 is 0 Å². The second-order valence-corrected chi connectivity index (χ2v) is 3.52. The van der Waals surface area contributed by atoms with Gasteiger partial charge in [-0.15, -0.1) is 11.8 Å². The SMILES string of the molecule is CC#CCC(CCc1cccnc1)NC. The molecule has 0 saturated heterocycles. The number of nitrogens with zero attached hydrogens (tertiary/aromatic N) is 1. The van der Waals surface area contributed by atoms with E-state index in [0.717, 1.165) is 19.3 Å². The van der Waals surface area contributed by atoms with E-state index in [9.17, 15) is 0 Å². The van der Waals surface area contributed by atoms with Gasteiger partial charge in [0, 0.05) is 24.9 Å². The van der Waals surface area contributed by atoms with Crippen molar-refractivity contribution in [3.8, 4) is 11.8 Å². The zero-order chi connectivity index (χ0) is 10.9. The zero-order valence-corrected chi connectivity index (χ0v) is 9.46. The molecule has 1 aromatic heterocycles. The predicted molar refractivity (Wildman–Crippen MR) is 63.5 cm³/mol. The van der Waals surface area contributed by atoms with Crippen molar-refractivity contribution < 1.29 is 0 Å². The molecular formula is C13H18N2. The molecule has 15 heavy (non-hydrogen) atoms. The highest BCUT2D eigenvalue weighted by atomic mass is 14.9. The highest BCUT2D eigenvalue weighted by Crippen LogP contribution is 2.05. The number of aromatic nitrogens is 1. The van der Waals surface area contributed by atoms with Crippen LogP contribution in [-0.4, -0.2) is 18.1 Å². The molecule has 80 valence electrons. The lowest BCUT2D eigenvalue weighted by atomic mass is 10.0. The van der Waals surface area contributed by atoms with Crippen LogP contribution in [-0.2, 0) is 6.42 Å². The molecule has 0 amide bonds. The molecule has 1 N–H and O–H groups in total. The van der Waals surface area contributed by atoms with Gasteiger partial charge in [0.2, 0.25) is 0 Å². The Hall–Kier alpha value is -1.33. The number of nitrogens with one attached hydrogen (secondary N) is 1. The number of hydrogen-bond acceptors (Lipinski definition) is 2. The molecule has 0 bridgehead atoms. The van der Waals surface area contributed by atoms with Gasteiger partial charge in [0.15, 0.2) is 0 Å². The molecule has 1 rings (SSSR count). The van der Waals surface area contributed by atoms with Gasteiger partial charge < -0.3 is 5.32 Å². The summed E-state index contributed by atoms with van der Waals surface area (Å²) in [6.45, 7) is 1.88. The largest absolute Gasteiger partial charge is 0.316 e. The lowest BCUT2D eigenvalue weighted by Crippen LogP contribution is -2.25. The standard InChI is InChI=1S/C13H18N2/c1-3-4-7-13(14-2)9-8-12-6-5-10-15-11-12/h5-6,10-11,13-14H,7-9H2,1-2H3. The Morgan fingerprint density at radius 2 is 2.40 bits per heavy atom. The molecule has 0 aliphatic rings. The van der Waals surface area contributed by atoms with E-state index >= 15 is 0 Å². The van der Waals surface area contributed by atoms with E-state index in [2.05, 4.69) is 28.2 Å². The Labute approximate surface area is 92.1 Å². The molecular weight excluding hydrogens is 184 g/mol. The summed E-state index contributed by atoms with van der Waals surface area (Å²) in [6.07, 6.45) is 6.83. The van der Waals surface area contributed by atoms with Crippen molar-refractivity contribution in [2.24, 2.45) is 0 Å². The summed E-state index contributed by atoms with van der Waals surface area (Å²) in [5, 5.41) is 3.28. The third kappa shape index (κ3) is 4.62. The first-order valence-corrected chi connectivity index (χ1v) is 5.32. The van der Waals surface area contributed by atoms with Gasteiger partial charge in [0.25, 0.3) is 0 Å². The van der Waals surface area contributed by atoms with Crippen molar-refractivity contribution >= 4 is 0 Å². The molecule has 2 nitrogen and oxygen atoms in total. The molecule has 2 heteroatoms. The molecule has 0 aliphatic carbocycles. The number of rotatable bonds is 5. The zero-order valence-electron chi connectivity index (χ0n) is 9.46. The van der Waals surface area contributed by atoms with Gasteiger partial charge in [0.1, 0.15) is 0 Å². The summed E-state index contributed by atoms with van der Waals surface area (Å²) in [5.74, 6) is 6.04. The Bertz CT molecular complexity index is 321. The van der Waals surface area contributed by atoms with Crippen LogP contribution >= 0.6 is 0 Å². The molecule has 0 saturated carbocycles. The Morgan fingerprint density at radius 1 is 1.53 bits per heavy atom. The van der Waals surface area contributed by atoms with E-state index in [4.69, 9.17) is 0 Å². The molecule has 1 atom stereocenters. The van der Waals surface area contributed by atoms with Gasteiger partial charge in [-0.1, -0.05) is 6.07 Å². The third-order valence-corrected chi connectivity index (χ3v) is 2.44. The van der Waals surface area contributed by atoms with Crippen molar-refractivity contribution in [2.75, 3.05) is 7.05 Å². The van der Waals surface area contributed by atoms with Crippen molar-refractivity contribution in [3.63, 3.8) is 0 Å². The fourth-order valence-electron chi connectivity index (χ4n) is 1.46. The molecule has 0 fully saturated rings. The van der Waals surface area contributed by atoms with Crippen LogP contribution in [0.15, 0.2) is 24.5 Å². The third-order valence-electron chi connectivity index (χ3n) is 2.44. The van der Waals surface area contributed by atoms with E-state index in [1.807, 2.05) is 32.4 Å². The van der Waals surface area contributed by atoms with Gasteiger partial charge in [-0.3, -0.25) is 4.98 Å². The summed E-state index contributed by atoms with van der Waals surface area (Å²) in [5.41, 5.74) is 1.29. The van der Waals surface area contributed by atoms with Crippen LogP contribution in [0.5, 0.6) is 0 Å². The minimum absolute atomic E-state index is 0.484. The predicted octanol–water partition coefficient (Wildman–Crippen LogP) is 2.02. The first kappa shape index (κ1) is 11.7. The Balaban J connectivity index is 2.36. The topological polar surface area (TPSA) is 24.9 Å². The molecule has 0 aromatic carbocycles. The molecule has 1 heterocycles. The van der Waals surface area contributed by atoms with Crippen LogP contribution in [0.1, 0.15) is 25.3 Å². The van der Waals surface area contributed by atoms with Gasteiger partial charge in [0.05, 0.1) is 0 Å². The molecule has 1 unspecified atom stereocenters. The second-order valence-electron chi connectivity index (χ2n) is 3.52.